The first kappa shape index (κ1) is 13.4. The summed E-state index contributed by atoms with van der Waals surface area (Å²) in [4.78, 5) is 19.5. The molecule has 94 valence electrons. The molecule has 0 saturated carbocycles. The highest BCUT2D eigenvalue weighted by atomic mass is 16.1. The first-order valence-electron chi connectivity index (χ1n) is 5.83. The average Bonchev–Trinajstić information content (AvgIpc) is 2.23. The van der Waals surface area contributed by atoms with Gasteiger partial charge in [-0.3, -0.25) is 4.79 Å². The monoisotopic (exact) mass is 236 g/mol. The molecule has 0 unspecified atom stereocenters. The summed E-state index contributed by atoms with van der Waals surface area (Å²) in [5, 5.41) is 5.89. The molecule has 0 aliphatic heterocycles. The van der Waals surface area contributed by atoms with Crippen LogP contribution in [0.2, 0.25) is 0 Å². The standard InChI is InChI=1S/C12H20N4O/c1-8(2)12-15-9(3)7-11(16-12)14-6-5-13-10(4)17/h7-8H,5-6H2,1-4H3,(H,13,17)(H,14,15,16). The number of hydrogen-bond donors (Lipinski definition) is 2. The van der Waals surface area contributed by atoms with Crippen LogP contribution < -0.4 is 10.6 Å². The number of rotatable bonds is 5. The van der Waals surface area contributed by atoms with Crippen LogP contribution >= 0.6 is 0 Å². The van der Waals surface area contributed by atoms with Crippen molar-refractivity contribution in [1.82, 2.24) is 15.3 Å². The van der Waals surface area contributed by atoms with Crippen molar-refractivity contribution in [2.24, 2.45) is 0 Å². The number of anilines is 1. The Balaban J connectivity index is 2.55. The van der Waals surface area contributed by atoms with E-state index in [2.05, 4.69) is 34.4 Å². The molecule has 0 atom stereocenters. The number of nitrogens with one attached hydrogen (secondary N) is 2. The molecule has 1 aromatic heterocycles. The highest BCUT2D eigenvalue weighted by Gasteiger charge is 2.05. The number of carbonyl (C=O) groups is 1. The zero-order valence-electron chi connectivity index (χ0n) is 10.9. The van der Waals surface area contributed by atoms with Crippen LogP contribution in [0.4, 0.5) is 5.82 Å². The summed E-state index contributed by atoms with van der Waals surface area (Å²) in [7, 11) is 0. The van der Waals surface area contributed by atoms with E-state index in [1.807, 2.05) is 13.0 Å². The van der Waals surface area contributed by atoms with Gasteiger partial charge in [-0.2, -0.15) is 0 Å². The van der Waals surface area contributed by atoms with E-state index in [1.54, 1.807) is 0 Å². The maximum atomic E-state index is 10.7. The molecule has 17 heavy (non-hydrogen) atoms. The Labute approximate surface area is 102 Å². The maximum Gasteiger partial charge on any atom is 0.216 e. The van der Waals surface area contributed by atoms with E-state index in [9.17, 15) is 4.79 Å². The van der Waals surface area contributed by atoms with Gasteiger partial charge in [0.25, 0.3) is 0 Å². The second-order valence-corrected chi connectivity index (χ2v) is 4.32. The number of hydrogen-bond acceptors (Lipinski definition) is 4. The van der Waals surface area contributed by atoms with E-state index < -0.39 is 0 Å². The average molecular weight is 236 g/mol. The Morgan fingerprint density at radius 2 is 2.06 bits per heavy atom. The first-order valence-corrected chi connectivity index (χ1v) is 5.83. The molecule has 0 radical (unpaired) electrons. The molecule has 5 nitrogen and oxygen atoms in total. The lowest BCUT2D eigenvalue weighted by Crippen LogP contribution is -2.26. The normalized spacial score (nSPS) is 10.4. The van der Waals surface area contributed by atoms with Gasteiger partial charge >= 0.3 is 0 Å². The quantitative estimate of drug-likeness (QED) is 0.759. The largest absolute Gasteiger partial charge is 0.368 e. The van der Waals surface area contributed by atoms with E-state index >= 15 is 0 Å². The van der Waals surface area contributed by atoms with Crippen LogP contribution in [-0.2, 0) is 4.79 Å². The molecular weight excluding hydrogens is 216 g/mol. The third kappa shape index (κ3) is 4.80. The molecule has 1 heterocycles. The number of nitrogens with zero attached hydrogens (tertiary/aromatic N) is 2. The van der Waals surface area contributed by atoms with Gasteiger partial charge in [-0.1, -0.05) is 13.8 Å². The lowest BCUT2D eigenvalue weighted by atomic mass is 10.2. The maximum absolute atomic E-state index is 10.7. The predicted octanol–water partition coefficient (Wildman–Crippen LogP) is 1.46. The zero-order valence-corrected chi connectivity index (χ0v) is 10.9. The summed E-state index contributed by atoms with van der Waals surface area (Å²) < 4.78 is 0. The fourth-order valence-electron chi connectivity index (χ4n) is 1.37. The number of aryl methyl sites for hydroxylation is 1. The van der Waals surface area contributed by atoms with Gasteiger partial charge in [0.05, 0.1) is 0 Å². The van der Waals surface area contributed by atoms with Gasteiger partial charge in [0.15, 0.2) is 0 Å². The molecule has 2 N–H and O–H groups in total. The van der Waals surface area contributed by atoms with Crippen molar-refractivity contribution in [2.45, 2.75) is 33.6 Å². The third-order valence-electron chi connectivity index (χ3n) is 2.19. The van der Waals surface area contributed by atoms with Crippen LogP contribution in [0.5, 0.6) is 0 Å². The van der Waals surface area contributed by atoms with Crippen LogP contribution in [0.25, 0.3) is 0 Å². The van der Waals surface area contributed by atoms with E-state index in [4.69, 9.17) is 0 Å². The molecule has 0 aliphatic carbocycles. The lowest BCUT2D eigenvalue weighted by Gasteiger charge is -2.10. The Morgan fingerprint density at radius 1 is 1.35 bits per heavy atom. The van der Waals surface area contributed by atoms with Gasteiger partial charge in [0.2, 0.25) is 5.91 Å². The van der Waals surface area contributed by atoms with Crippen molar-refractivity contribution < 1.29 is 4.79 Å². The van der Waals surface area contributed by atoms with Crippen LogP contribution in [0.15, 0.2) is 6.07 Å². The summed E-state index contributed by atoms with van der Waals surface area (Å²) in [6, 6.07) is 1.90. The summed E-state index contributed by atoms with van der Waals surface area (Å²) in [6.07, 6.45) is 0. The summed E-state index contributed by atoms with van der Waals surface area (Å²) in [5.41, 5.74) is 0.950. The number of carbonyl (C=O) groups excluding carboxylic acids is 1. The van der Waals surface area contributed by atoms with Crippen LogP contribution in [0.1, 0.15) is 38.2 Å². The topological polar surface area (TPSA) is 66.9 Å². The van der Waals surface area contributed by atoms with E-state index in [1.165, 1.54) is 6.92 Å². The van der Waals surface area contributed by atoms with Gasteiger partial charge in [0.1, 0.15) is 11.6 Å². The smallest absolute Gasteiger partial charge is 0.216 e. The minimum absolute atomic E-state index is 0.0199. The molecule has 1 rings (SSSR count). The van der Waals surface area contributed by atoms with Gasteiger partial charge in [-0.05, 0) is 6.92 Å². The van der Waals surface area contributed by atoms with Crippen molar-refractivity contribution in [3.05, 3.63) is 17.6 Å². The molecule has 1 aromatic rings. The fourth-order valence-corrected chi connectivity index (χ4v) is 1.37. The Morgan fingerprint density at radius 3 is 2.65 bits per heavy atom. The molecule has 0 spiro atoms. The molecule has 0 saturated heterocycles. The van der Waals surface area contributed by atoms with Gasteiger partial charge in [0, 0.05) is 37.7 Å². The second kappa shape index (κ2) is 6.18. The SMILES string of the molecule is CC(=O)NCCNc1cc(C)nc(C(C)C)n1. The van der Waals surface area contributed by atoms with E-state index in [-0.39, 0.29) is 5.91 Å². The van der Waals surface area contributed by atoms with Crippen molar-refractivity contribution in [2.75, 3.05) is 18.4 Å². The van der Waals surface area contributed by atoms with Gasteiger partial charge < -0.3 is 10.6 Å². The van der Waals surface area contributed by atoms with Crippen molar-refractivity contribution >= 4 is 11.7 Å². The van der Waals surface area contributed by atoms with Gasteiger partial charge in [-0.25, -0.2) is 9.97 Å². The zero-order chi connectivity index (χ0) is 12.8. The highest BCUT2D eigenvalue weighted by Crippen LogP contribution is 2.13. The van der Waals surface area contributed by atoms with Crippen molar-refractivity contribution in [3.8, 4) is 0 Å². The van der Waals surface area contributed by atoms with E-state index in [0.717, 1.165) is 17.3 Å². The number of amides is 1. The number of aromatic nitrogens is 2. The lowest BCUT2D eigenvalue weighted by molar-refractivity contribution is -0.118. The summed E-state index contributed by atoms with van der Waals surface area (Å²) in [6.45, 7) is 8.84. The predicted molar refractivity (Wildman–Crippen MR) is 68.0 cm³/mol. The summed E-state index contributed by atoms with van der Waals surface area (Å²) in [5.74, 6) is 1.94. The van der Waals surface area contributed by atoms with Crippen LogP contribution in [0.3, 0.4) is 0 Å². The Kier molecular flexibility index (Phi) is 4.87. The van der Waals surface area contributed by atoms with E-state index in [0.29, 0.717) is 19.0 Å². The summed E-state index contributed by atoms with van der Waals surface area (Å²) >= 11 is 0. The van der Waals surface area contributed by atoms with Crippen molar-refractivity contribution in [1.29, 1.82) is 0 Å². The molecule has 0 fully saturated rings. The molecule has 0 aromatic carbocycles. The molecule has 1 amide bonds. The van der Waals surface area contributed by atoms with Crippen LogP contribution in [-0.4, -0.2) is 29.0 Å². The second-order valence-electron chi connectivity index (χ2n) is 4.32. The van der Waals surface area contributed by atoms with Crippen molar-refractivity contribution in [3.63, 3.8) is 0 Å². The fraction of sp³-hybridized carbons (Fsp3) is 0.583. The molecule has 0 bridgehead atoms. The first-order chi connectivity index (χ1) is 7.99. The highest BCUT2D eigenvalue weighted by molar-refractivity contribution is 5.72. The molecule has 0 aliphatic rings. The van der Waals surface area contributed by atoms with Crippen LogP contribution in [0, 0.1) is 6.92 Å². The third-order valence-corrected chi connectivity index (χ3v) is 2.19. The molecular formula is C12H20N4O. The van der Waals surface area contributed by atoms with Gasteiger partial charge in [-0.15, -0.1) is 0 Å². The minimum atomic E-state index is -0.0199. The Hall–Kier alpha value is -1.65. The minimum Gasteiger partial charge on any atom is -0.368 e. The molecule has 5 heteroatoms. The Bertz CT molecular complexity index is 390.